The summed E-state index contributed by atoms with van der Waals surface area (Å²) >= 11 is 5.80. The van der Waals surface area contributed by atoms with E-state index in [1.54, 1.807) is 38.1 Å². The van der Waals surface area contributed by atoms with Gasteiger partial charge in [0.1, 0.15) is 5.56 Å². The average Bonchev–Trinajstić information content (AvgIpc) is 2.45. The summed E-state index contributed by atoms with van der Waals surface area (Å²) in [6.45, 7) is 3.48. The van der Waals surface area contributed by atoms with Crippen LogP contribution in [0.2, 0.25) is 5.02 Å². The van der Waals surface area contributed by atoms with Crippen molar-refractivity contribution in [1.29, 1.82) is 0 Å². The molecule has 0 aliphatic rings. The molecule has 23 heavy (non-hydrogen) atoms. The molecule has 8 heteroatoms. The normalized spacial score (nSPS) is 11.7. The number of halogens is 4. The first-order chi connectivity index (χ1) is 10.7. The summed E-state index contributed by atoms with van der Waals surface area (Å²) in [5, 5.41) is 0.490. The molecule has 0 aliphatic carbocycles. The van der Waals surface area contributed by atoms with E-state index in [4.69, 9.17) is 16.3 Å². The molecule has 0 N–H and O–H groups in total. The molecule has 0 atom stereocenters. The fraction of sp³-hybridized carbons (Fsp3) is 0.333. The van der Waals surface area contributed by atoms with Crippen LogP contribution in [0.3, 0.4) is 0 Å². The van der Waals surface area contributed by atoms with Gasteiger partial charge < -0.3 is 9.64 Å². The molecule has 2 aromatic rings. The minimum absolute atomic E-state index is 0.108. The zero-order valence-electron chi connectivity index (χ0n) is 12.7. The lowest BCUT2D eigenvalue weighted by atomic mass is 10.2. The van der Waals surface area contributed by atoms with Crippen LogP contribution in [0.25, 0.3) is 0 Å². The molecule has 0 saturated heterocycles. The van der Waals surface area contributed by atoms with Gasteiger partial charge in [-0.2, -0.15) is 18.2 Å². The zero-order chi connectivity index (χ0) is 17.2. The molecule has 4 nitrogen and oxygen atoms in total. The van der Waals surface area contributed by atoms with Crippen LogP contribution in [0.4, 0.5) is 24.7 Å². The Labute approximate surface area is 136 Å². The summed E-state index contributed by atoms with van der Waals surface area (Å²) < 4.78 is 44.9. The van der Waals surface area contributed by atoms with Gasteiger partial charge in [0.25, 0.3) is 0 Å². The molecule has 0 aliphatic heterocycles. The number of ether oxygens (including phenoxy) is 1. The van der Waals surface area contributed by atoms with Crippen LogP contribution in [0.15, 0.2) is 30.5 Å². The van der Waals surface area contributed by atoms with Gasteiger partial charge in [-0.3, -0.25) is 0 Å². The molecule has 1 aromatic carbocycles. The van der Waals surface area contributed by atoms with Crippen LogP contribution in [-0.2, 0) is 6.18 Å². The Morgan fingerprint density at radius 3 is 2.30 bits per heavy atom. The lowest BCUT2D eigenvalue weighted by Gasteiger charge is -2.23. The first-order valence-corrected chi connectivity index (χ1v) is 7.16. The number of alkyl halides is 3. The molecule has 0 radical (unpaired) electrons. The van der Waals surface area contributed by atoms with Crippen molar-refractivity contribution in [2.45, 2.75) is 26.1 Å². The predicted molar refractivity (Wildman–Crippen MR) is 82.3 cm³/mol. The summed E-state index contributed by atoms with van der Waals surface area (Å²) in [6.07, 6.45) is -4.10. The smallest absolute Gasteiger partial charge is 0.421 e. The highest BCUT2D eigenvalue weighted by Crippen LogP contribution is 2.37. The van der Waals surface area contributed by atoms with Crippen LogP contribution < -0.4 is 9.64 Å². The minimum atomic E-state index is -4.58. The Morgan fingerprint density at radius 2 is 1.78 bits per heavy atom. The highest BCUT2D eigenvalue weighted by Gasteiger charge is 2.36. The summed E-state index contributed by atoms with van der Waals surface area (Å²) in [6, 6.07) is 6.28. The first kappa shape index (κ1) is 17.3. The predicted octanol–water partition coefficient (Wildman–Crippen LogP) is 4.70. The van der Waals surface area contributed by atoms with E-state index in [2.05, 4.69) is 9.97 Å². The standard InChI is InChI=1S/C15H15ClF3N3O/c1-9(2)23-14-20-8-12(15(17,18)19)13(21-14)22(3)11-6-4-10(16)5-7-11/h4-9H,1-3H3. The maximum absolute atomic E-state index is 13.2. The molecule has 0 saturated carbocycles. The van der Waals surface area contributed by atoms with E-state index < -0.39 is 11.7 Å². The maximum Gasteiger partial charge on any atom is 0.421 e. The molecule has 124 valence electrons. The fourth-order valence-electron chi connectivity index (χ4n) is 1.87. The van der Waals surface area contributed by atoms with Crippen molar-refractivity contribution >= 4 is 23.1 Å². The van der Waals surface area contributed by atoms with E-state index in [-0.39, 0.29) is 17.9 Å². The number of benzene rings is 1. The monoisotopic (exact) mass is 345 g/mol. The van der Waals surface area contributed by atoms with Crippen molar-refractivity contribution in [3.63, 3.8) is 0 Å². The van der Waals surface area contributed by atoms with E-state index >= 15 is 0 Å². The van der Waals surface area contributed by atoms with E-state index in [1.165, 1.54) is 11.9 Å². The van der Waals surface area contributed by atoms with Gasteiger partial charge in [-0.05, 0) is 38.1 Å². The molecule has 0 amide bonds. The number of nitrogens with zero attached hydrogens (tertiary/aromatic N) is 3. The van der Waals surface area contributed by atoms with E-state index in [1.807, 2.05) is 0 Å². The average molecular weight is 346 g/mol. The second kappa shape index (κ2) is 6.62. The van der Waals surface area contributed by atoms with Gasteiger partial charge in [0.15, 0.2) is 5.82 Å². The number of hydrogen-bond acceptors (Lipinski definition) is 4. The number of hydrogen-bond donors (Lipinski definition) is 0. The Balaban J connectivity index is 2.49. The van der Waals surface area contributed by atoms with Crippen LogP contribution >= 0.6 is 11.6 Å². The SMILES string of the molecule is CC(C)Oc1ncc(C(F)(F)F)c(N(C)c2ccc(Cl)cc2)n1. The molecule has 2 rings (SSSR count). The molecular weight excluding hydrogens is 331 g/mol. The third-order valence-corrected chi connectivity index (χ3v) is 3.18. The van der Waals surface area contributed by atoms with Gasteiger partial charge in [0.05, 0.1) is 6.10 Å². The largest absolute Gasteiger partial charge is 0.461 e. The van der Waals surface area contributed by atoms with Crippen molar-refractivity contribution in [1.82, 2.24) is 9.97 Å². The second-order valence-corrected chi connectivity index (χ2v) is 5.53. The molecule has 1 aromatic heterocycles. The lowest BCUT2D eigenvalue weighted by Crippen LogP contribution is -2.20. The van der Waals surface area contributed by atoms with Gasteiger partial charge in [-0.15, -0.1) is 0 Å². The quantitative estimate of drug-likeness (QED) is 0.804. The van der Waals surface area contributed by atoms with Crippen LogP contribution in [0.5, 0.6) is 6.01 Å². The highest BCUT2D eigenvalue weighted by atomic mass is 35.5. The molecule has 0 bridgehead atoms. The minimum Gasteiger partial charge on any atom is -0.461 e. The van der Waals surface area contributed by atoms with Crippen molar-refractivity contribution in [2.24, 2.45) is 0 Å². The van der Waals surface area contributed by atoms with Crippen LogP contribution in [0, 0.1) is 0 Å². The van der Waals surface area contributed by atoms with Gasteiger partial charge >= 0.3 is 12.2 Å². The van der Waals surface area contributed by atoms with Gasteiger partial charge in [0, 0.05) is 24.0 Å². The van der Waals surface area contributed by atoms with Gasteiger partial charge in [-0.1, -0.05) is 11.6 Å². The third-order valence-electron chi connectivity index (χ3n) is 2.92. The van der Waals surface area contributed by atoms with E-state index in [0.29, 0.717) is 10.7 Å². The molecular formula is C15H15ClF3N3O. The number of rotatable bonds is 4. The molecule has 1 heterocycles. The van der Waals surface area contributed by atoms with Crippen molar-refractivity contribution in [3.05, 3.63) is 41.0 Å². The first-order valence-electron chi connectivity index (χ1n) is 6.78. The van der Waals surface area contributed by atoms with E-state index in [0.717, 1.165) is 6.20 Å². The van der Waals surface area contributed by atoms with Crippen molar-refractivity contribution < 1.29 is 17.9 Å². The second-order valence-electron chi connectivity index (χ2n) is 5.09. The molecule has 0 unspecified atom stereocenters. The Bertz CT molecular complexity index is 675. The molecule has 0 fully saturated rings. The molecule has 0 spiro atoms. The summed E-state index contributed by atoms with van der Waals surface area (Å²) in [5.41, 5.74) is -0.430. The van der Waals surface area contributed by atoms with Crippen molar-refractivity contribution in [2.75, 3.05) is 11.9 Å². The number of aromatic nitrogens is 2. The Kier molecular flexibility index (Phi) is 4.99. The summed E-state index contributed by atoms with van der Waals surface area (Å²) in [5.74, 6) is -0.287. The lowest BCUT2D eigenvalue weighted by molar-refractivity contribution is -0.137. The topological polar surface area (TPSA) is 38.2 Å². The highest BCUT2D eigenvalue weighted by molar-refractivity contribution is 6.30. The Hall–Kier alpha value is -2.02. The summed E-state index contributed by atoms with van der Waals surface area (Å²) in [4.78, 5) is 8.87. The maximum atomic E-state index is 13.2. The van der Waals surface area contributed by atoms with Gasteiger partial charge in [-0.25, -0.2) is 4.98 Å². The zero-order valence-corrected chi connectivity index (χ0v) is 13.5. The van der Waals surface area contributed by atoms with E-state index in [9.17, 15) is 13.2 Å². The third kappa shape index (κ3) is 4.25. The Morgan fingerprint density at radius 1 is 1.17 bits per heavy atom. The fourth-order valence-corrected chi connectivity index (χ4v) is 1.99. The van der Waals surface area contributed by atoms with Crippen LogP contribution in [0.1, 0.15) is 19.4 Å². The van der Waals surface area contributed by atoms with Crippen molar-refractivity contribution in [3.8, 4) is 6.01 Å². The number of anilines is 2. The van der Waals surface area contributed by atoms with Crippen LogP contribution in [-0.4, -0.2) is 23.1 Å². The summed E-state index contributed by atoms with van der Waals surface area (Å²) in [7, 11) is 1.49. The van der Waals surface area contributed by atoms with Gasteiger partial charge in [0.2, 0.25) is 0 Å².